The quantitative estimate of drug-likeness (QED) is 0.707. The summed E-state index contributed by atoms with van der Waals surface area (Å²) in [5.74, 6) is -0.180. The lowest BCUT2D eigenvalue weighted by atomic mass is 10.0. The molecule has 2 nitrogen and oxygen atoms in total. The first-order valence-electron chi connectivity index (χ1n) is 7.17. The molecule has 3 heteroatoms. The van der Waals surface area contributed by atoms with Crippen LogP contribution < -0.4 is 5.32 Å². The second kappa shape index (κ2) is 4.86. The smallest absolute Gasteiger partial charge is 0.153 e. The number of benzene rings is 2. The van der Waals surface area contributed by atoms with Crippen molar-refractivity contribution in [2.75, 3.05) is 0 Å². The Balaban J connectivity index is 1.87. The van der Waals surface area contributed by atoms with Gasteiger partial charge in [0.1, 0.15) is 12.4 Å². The molecule has 0 saturated carbocycles. The molecule has 0 fully saturated rings. The van der Waals surface area contributed by atoms with E-state index in [1.165, 1.54) is 23.0 Å². The van der Waals surface area contributed by atoms with Crippen LogP contribution in [0.5, 0.6) is 0 Å². The van der Waals surface area contributed by atoms with E-state index in [4.69, 9.17) is 0 Å². The van der Waals surface area contributed by atoms with E-state index in [-0.39, 0.29) is 11.9 Å². The van der Waals surface area contributed by atoms with Crippen molar-refractivity contribution in [3.8, 4) is 5.69 Å². The van der Waals surface area contributed by atoms with Gasteiger partial charge in [0.2, 0.25) is 0 Å². The molecule has 1 atom stereocenters. The fourth-order valence-corrected chi connectivity index (χ4v) is 3.16. The maximum Gasteiger partial charge on any atom is 0.153 e. The molecule has 1 aromatic heterocycles. The van der Waals surface area contributed by atoms with E-state index >= 15 is 0 Å². The van der Waals surface area contributed by atoms with E-state index in [9.17, 15) is 4.39 Å². The number of nitrogens with two attached hydrogens (primary N) is 1. The highest BCUT2D eigenvalue weighted by Crippen LogP contribution is 2.26. The Kier molecular flexibility index (Phi) is 2.86. The first-order valence-corrected chi connectivity index (χ1v) is 7.17. The van der Waals surface area contributed by atoms with Crippen molar-refractivity contribution >= 4 is 0 Å². The number of aromatic nitrogens is 1. The van der Waals surface area contributed by atoms with Crippen LogP contribution in [0, 0.1) is 5.82 Å². The normalized spacial score (nSPS) is 16.9. The highest BCUT2D eigenvalue weighted by molar-refractivity contribution is 5.45. The van der Waals surface area contributed by atoms with Crippen LogP contribution in [-0.2, 0) is 6.54 Å². The zero-order valence-electron chi connectivity index (χ0n) is 11.5. The molecule has 2 aromatic carbocycles. The lowest BCUT2D eigenvalue weighted by molar-refractivity contribution is -0.702. The SMILES string of the molecule is Fc1cccc([C@@H]2[NH2+]Cc3ccccc3-n3cccc32)c1. The second-order valence-electron chi connectivity index (χ2n) is 5.40. The van der Waals surface area contributed by atoms with Gasteiger partial charge in [-0.15, -0.1) is 0 Å². The van der Waals surface area contributed by atoms with Gasteiger partial charge in [0.05, 0.1) is 11.4 Å². The molecule has 4 rings (SSSR count). The van der Waals surface area contributed by atoms with E-state index in [2.05, 4.69) is 52.5 Å². The van der Waals surface area contributed by atoms with E-state index in [1.807, 2.05) is 6.07 Å². The van der Waals surface area contributed by atoms with Crippen molar-refractivity contribution in [2.45, 2.75) is 12.6 Å². The molecule has 0 saturated heterocycles. The van der Waals surface area contributed by atoms with E-state index in [1.54, 1.807) is 12.1 Å². The zero-order chi connectivity index (χ0) is 14.2. The third-order valence-electron chi connectivity index (χ3n) is 4.13. The molecule has 21 heavy (non-hydrogen) atoms. The number of para-hydroxylation sites is 1. The van der Waals surface area contributed by atoms with Gasteiger partial charge in [-0.2, -0.15) is 0 Å². The average molecular weight is 279 g/mol. The zero-order valence-corrected chi connectivity index (χ0v) is 11.5. The van der Waals surface area contributed by atoms with Crippen molar-refractivity contribution in [3.63, 3.8) is 0 Å². The number of fused-ring (bicyclic) bond motifs is 3. The van der Waals surface area contributed by atoms with Crippen molar-refractivity contribution in [1.29, 1.82) is 0 Å². The van der Waals surface area contributed by atoms with Crippen LogP contribution in [-0.4, -0.2) is 4.57 Å². The summed E-state index contributed by atoms with van der Waals surface area (Å²) in [5.41, 5.74) is 4.70. The number of quaternary nitrogens is 1. The van der Waals surface area contributed by atoms with Gasteiger partial charge in [0, 0.05) is 17.3 Å². The van der Waals surface area contributed by atoms with Gasteiger partial charge in [-0.25, -0.2) is 4.39 Å². The fraction of sp³-hybridized carbons (Fsp3) is 0.111. The lowest BCUT2D eigenvalue weighted by Crippen LogP contribution is -2.83. The maximum absolute atomic E-state index is 13.6. The Morgan fingerprint density at radius 1 is 1.00 bits per heavy atom. The van der Waals surface area contributed by atoms with Crippen LogP contribution in [0.4, 0.5) is 4.39 Å². The van der Waals surface area contributed by atoms with Crippen LogP contribution in [0.3, 0.4) is 0 Å². The Morgan fingerprint density at radius 3 is 2.81 bits per heavy atom. The third-order valence-corrected chi connectivity index (χ3v) is 4.13. The largest absolute Gasteiger partial charge is 0.331 e. The number of hydrogen-bond donors (Lipinski definition) is 1. The number of nitrogens with zero attached hydrogens (tertiary/aromatic N) is 1. The number of hydrogen-bond acceptors (Lipinski definition) is 0. The highest BCUT2D eigenvalue weighted by atomic mass is 19.1. The van der Waals surface area contributed by atoms with Crippen molar-refractivity contribution in [1.82, 2.24) is 4.57 Å². The Morgan fingerprint density at radius 2 is 1.90 bits per heavy atom. The summed E-state index contributed by atoms with van der Waals surface area (Å²) in [6.07, 6.45) is 2.08. The summed E-state index contributed by atoms with van der Waals surface area (Å²) in [5, 5.41) is 2.27. The average Bonchev–Trinajstić information content (AvgIpc) is 2.92. The van der Waals surface area contributed by atoms with Gasteiger partial charge in [-0.05, 0) is 30.3 Å². The van der Waals surface area contributed by atoms with Gasteiger partial charge in [0.25, 0.3) is 0 Å². The van der Waals surface area contributed by atoms with E-state index in [0.29, 0.717) is 0 Å². The van der Waals surface area contributed by atoms with Crippen LogP contribution in [0.15, 0.2) is 66.9 Å². The summed E-state index contributed by atoms with van der Waals surface area (Å²) < 4.78 is 15.8. The minimum absolute atomic E-state index is 0.114. The molecule has 0 aliphatic carbocycles. The molecule has 3 aromatic rings. The Labute approximate surface area is 122 Å². The van der Waals surface area contributed by atoms with Gasteiger partial charge >= 0.3 is 0 Å². The molecule has 0 spiro atoms. The minimum atomic E-state index is -0.180. The summed E-state index contributed by atoms with van der Waals surface area (Å²) >= 11 is 0. The summed E-state index contributed by atoms with van der Waals surface area (Å²) in [6.45, 7) is 0.888. The molecular formula is C18H16FN2+. The minimum Gasteiger partial charge on any atom is -0.331 e. The van der Waals surface area contributed by atoms with Gasteiger partial charge < -0.3 is 9.88 Å². The Bertz CT molecular complexity index is 791. The summed E-state index contributed by atoms with van der Waals surface area (Å²) in [7, 11) is 0. The highest BCUT2D eigenvalue weighted by Gasteiger charge is 2.26. The van der Waals surface area contributed by atoms with Gasteiger partial charge in [-0.1, -0.05) is 30.3 Å². The maximum atomic E-state index is 13.6. The summed E-state index contributed by atoms with van der Waals surface area (Å²) in [4.78, 5) is 0. The predicted octanol–water partition coefficient (Wildman–Crippen LogP) is 2.78. The fourth-order valence-electron chi connectivity index (χ4n) is 3.16. The van der Waals surface area contributed by atoms with Crippen molar-refractivity contribution in [2.24, 2.45) is 0 Å². The number of rotatable bonds is 1. The molecule has 1 aliphatic rings. The first kappa shape index (κ1) is 12.4. The van der Waals surface area contributed by atoms with E-state index in [0.717, 1.165) is 12.1 Å². The molecule has 0 unspecified atom stereocenters. The summed E-state index contributed by atoms with van der Waals surface area (Å²) in [6, 6.07) is 19.6. The third kappa shape index (κ3) is 2.06. The second-order valence-corrected chi connectivity index (χ2v) is 5.40. The monoisotopic (exact) mass is 279 g/mol. The van der Waals surface area contributed by atoms with E-state index < -0.39 is 0 Å². The van der Waals surface area contributed by atoms with Gasteiger partial charge in [-0.3, -0.25) is 0 Å². The lowest BCUT2D eigenvalue weighted by Gasteiger charge is -2.14. The molecular weight excluding hydrogens is 263 g/mol. The van der Waals surface area contributed by atoms with Crippen molar-refractivity contribution < 1.29 is 9.71 Å². The predicted molar refractivity (Wildman–Crippen MR) is 79.6 cm³/mol. The van der Waals surface area contributed by atoms with Crippen molar-refractivity contribution in [3.05, 3.63) is 89.5 Å². The van der Waals surface area contributed by atoms with Crippen LogP contribution >= 0.6 is 0 Å². The molecule has 1 aliphatic heterocycles. The molecule has 0 amide bonds. The molecule has 0 bridgehead atoms. The molecule has 2 N–H and O–H groups in total. The van der Waals surface area contributed by atoms with Gasteiger partial charge in [0.15, 0.2) is 6.04 Å². The number of halogens is 1. The van der Waals surface area contributed by atoms with Crippen LogP contribution in [0.1, 0.15) is 22.9 Å². The topological polar surface area (TPSA) is 21.5 Å². The van der Waals surface area contributed by atoms with Crippen LogP contribution in [0.2, 0.25) is 0 Å². The first-order chi connectivity index (χ1) is 10.3. The molecule has 0 radical (unpaired) electrons. The molecule has 2 heterocycles. The standard InChI is InChI=1S/C18H15FN2/c19-15-7-3-6-13(11-15)18-17-9-4-10-21(17)16-8-2-1-5-14(16)12-20-18/h1-11,18,20H,12H2/p+1/t18-/m0/s1. The molecule has 104 valence electrons. The Hall–Kier alpha value is -2.39. The van der Waals surface area contributed by atoms with Crippen LogP contribution in [0.25, 0.3) is 5.69 Å².